The molecule has 2 fully saturated rings. The molecule has 3 aliphatic rings. The number of halogens is 1. The first-order chi connectivity index (χ1) is 15.6. The van der Waals surface area contributed by atoms with Crippen LogP contribution >= 0.6 is 11.6 Å². The molecular formula is C24H29ClN6O. The van der Waals surface area contributed by atoms with Crippen LogP contribution < -0.4 is 10.1 Å². The third-order valence-electron chi connectivity index (χ3n) is 6.77. The number of benzene rings is 1. The lowest BCUT2D eigenvalue weighted by Crippen LogP contribution is -2.60. The van der Waals surface area contributed by atoms with Crippen molar-refractivity contribution in [3.05, 3.63) is 65.3 Å². The van der Waals surface area contributed by atoms with Gasteiger partial charge in [-0.25, -0.2) is 9.97 Å². The molecule has 1 saturated carbocycles. The Morgan fingerprint density at radius 3 is 2.66 bits per heavy atom. The molecule has 1 N–H and O–H groups in total. The van der Waals surface area contributed by atoms with Crippen LogP contribution in [0.4, 0.5) is 0 Å². The van der Waals surface area contributed by atoms with Gasteiger partial charge >= 0.3 is 0 Å². The number of aromatic nitrogens is 2. The van der Waals surface area contributed by atoms with Crippen molar-refractivity contribution < 1.29 is 4.74 Å². The summed E-state index contributed by atoms with van der Waals surface area (Å²) in [7, 11) is 1.62. The molecule has 1 unspecified atom stereocenters. The van der Waals surface area contributed by atoms with E-state index in [1.165, 1.54) is 25.7 Å². The molecule has 8 heteroatoms. The molecule has 168 valence electrons. The van der Waals surface area contributed by atoms with Gasteiger partial charge in [0.1, 0.15) is 17.4 Å². The number of nitrogens with zero attached hydrogens (tertiary/aromatic N) is 5. The first-order valence-electron chi connectivity index (χ1n) is 11.2. The Hall–Kier alpha value is -2.64. The lowest BCUT2D eigenvalue weighted by molar-refractivity contribution is 0.0238. The van der Waals surface area contributed by atoms with E-state index < -0.39 is 0 Å². The van der Waals surface area contributed by atoms with Crippen molar-refractivity contribution in [3.8, 4) is 5.75 Å². The van der Waals surface area contributed by atoms with Crippen molar-refractivity contribution in [2.45, 2.75) is 45.1 Å². The number of nitrogens with one attached hydrogen (secondary N) is 1. The molecule has 0 bridgehead atoms. The summed E-state index contributed by atoms with van der Waals surface area (Å²) in [6.07, 6.45) is 13.1. The van der Waals surface area contributed by atoms with Gasteiger partial charge in [0, 0.05) is 31.7 Å². The first-order valence-corrected chi connectivity index (χ1v) is 11.6. The third kappa shape index (κ3) is 4.74. The average molecular weight is 453 g/mol. The van der Waals surface area contributed by atoms with Crippen molar-refractivity contribution in [2.24, 2.45) is 10.4 Å². The number of amidine groups is 1. The fourth-order valence-corrected chi connectivity index (χ4v) is 4.81. The Morgan fingerprint density at radius 2 is 1.97 bits per heavy atom. The van der Waals surface area contributed by atoms with Gasteiger partial charge in [0.15, 0.2) is 6.29 Å². The van der Waals surface area contributed by atoms with Crippen LogP contribution in [0.15, 0.2) is 53.9 Å². The van der Waals surface area contributed by atoms with Gasteiger partial charge in [-0.05, 0) is 60.9 Å². The van der Waals surface area contributed by atoms with E-state index in [-0.39, 0.29) is 6.29 Å². The highest BCUT2D eigenvalue weighted by atomic mass is 35.5. The average Bonchev–Trinajstić information content (AvgIpc) is 3.58. The summed E-state index contributed by atoms with van der Waals surface area (Å²) in [5.74, 6) is 2.36. The molecule has 3 heterocycles. The van der Waals surface area contributed by atoms with Crippen LogP contribution in [0.1, 0.15) is 37.1 Å². The quantitative estimate of drug-likeness (QED) is 0.718. The van der Waals surface area contributed by atoms with Gasteiger partial charge in [-0.3, -0.25) is 9.89 Å². The van der Waals surface area contributed by atoms with Crippen LogP contribution in [-0.2, 0) is 13.1 Å². The van der Waals surface area contributed by atoms with E-state index in [0.29, 0.717) is 29.3 Å². The number of likely N-dealkylation sites (tertiary alicyclic amines) is 1. The molecule has 0 amide bonds. The summed E-state index contributed by atoms with van der Waals surface area (Å²) >= 11 is 6.27. The van der Waals surface area contributed by atoms with Gasteiger partial charge in [0.2, 0.25) is 0 Å². The molecule has 1 spiro atoms. The predicted molar refractivity (Wildman–Crippen MR) is 125 cm³/mol. The highest BCUT2D eigenvalue weighted by Crippen LogP contribution is 2.53. The van der Waals surface area contributed by atoms with Gasteiger partial charge in [-0.15, -0.1) is 0 Å². The molecule has 7 nitrogen and oxygen atoms in total. The number of piperidine rings is 1. The molecule has 2 aliphatic heterocycles. The summed E-state index contributed by atoms with van der Waals surface area (Å²) in [6, 6.07) is 7.64. The van der Waals surface area contributed by atoms with Crippen molar-refractivity contribution in [1.29, 1.82) is 0 Å². The Kier molecular flexibility index (Phi) is 6.02. The molecule has 1 atom stereocenters. The highest BCUT2D eigenvalue weighted by molar-refractivity contribution is 6.32. The lowest BCUT2D eigenvalue weighted by Gasteiger charge is -2.44. The van der Waals surface area contributed by atoms with Crippen LogP contribution in [0.3, 0.4) is 0 Å². The molecule has 1 saturated heterocycles. The zero-order valence-corrected chi connectivity index (χ0v) is 19.1. The SMILES string of the molecule is COc1ccc(CN=C2C=CN(Cc3ncccn3)C(N3CCC4(CC3)CC4)N2)cc1Cl. The number of methoxy groups -OCH3 is 1. The van der Waals surface area contributed by atoms with Crippen molar-refractivity contribution in [3.63, 3.8) is 0 Å². The van der Waals surface area contributed by atoms with Crippen LogP contribution in [0.2, 0.25) is 5.02 Å². The van der Waals surface area contributed by atoms with E-state index >= 15 is 0 Å². The maximum absolute atomic E-state index is 6.27. The lowest BCUT2D eigenvalue weighted by atomic mass is 9.94. The van der Waals surface area contributed by atoms with Gasteiger partial charge in [0.25, 0.3) is 0 Å². The number of aliphatic imine (C=N–C) groups is 1. The van der Waals surface area contributed by atoms with Crippen LogP contribution in [0.25, 0.3) is 0 Å². The normalized spacial score (nSPS) is 23.4. The van der Waals surface area contributed by atoms with Crippen molar-refractivity contribution in [2.75, 3.05) is 20.2 Å². The van der Waals surface area contributed by atoms with E-state index in [1.54, 1.807) is 19.5 Å². The molecular weight excluding hydrogens is 424 g/mol. The minimum atomic E-state index is 0.0399. The molecule has 5 rings (SSSR count). The molecule has 1 aromatic heterocycles. The van der Waals surface area contributed by atoms with E-state index in [9.17, 15) is 0 Å². The fraction of sp³-hybridized carbons (Fsp3) is 0.458. The number of rotatable bonds is 6. The first kappa shape index (κ1) is 21.2. The zero-order chi connectivity index (χ0) is 22.0. The summed E-state index contributed by atoms with van der Waals surface area (Å²) in [5, 5.41) is 4.25. The van der Waals surface area contributed by atoms with Crippen LogP contribution in [0.5, 0.6) is 5.75 Å². The summed E-state index contributed by atoms with van der Waals surface area (Å²) < 4.78 is 5.24. The van der Waals surface area contributed by atoms with Gasteiger partial charge in [0.05, 0.1) is 25.2 Å². The zero-order valence-electron chi connectivity index (χ0n) is 18.4. The summed E-state index contributed by atoms with van der Waals surface area (Å²) in [6.45, 7) is 3.39. The maximum Gasteiger partial charge on any atom is 0.159 e. The number of ether oxygens (including phenoxy) is 1. The smallest absolute Gasteiger partial charge is 0.159 e. The summed E-state index contributed by atoms with van der Waals surface area (Å²) in [4.78, 5) is 18.4. The number of hydrogen-bond donors (Lipinski definition) is 1. The molecule has 32 heavy (non-hydrogen) atoms. The molecule has 1 aromatic carbocycles. The summed E-state index contributed by atoms with van der Waals surface area (Å²) in [5.41, 5.74) is 1.68. The predicted octanol–water partition coefficient (Wildman–Crippen LogP) is 3.82. The van der Waals surface area contributed by atoms with Gasteiger partial charge in [-0.2, -0.15) is 0 Å². The Morgan fingerprint density at radius 1 is 1.19 bits per heavy atom. The standard InChI is InChI=1S/C24H29ClN6O/c1-32-20-4-3-18(15-19(20)25)16-28-21-5-12-31(17-22-26-10-2-11-27-22)23(29-21)30-13-8-24(6-7-24)9-14-30/h2-5,10-12,15,23H,6-9,13-14,16-17H2,1H3,(H,28,29). The Bertz CT molecular complexity index is 997. The van der Waals surface area contributed by atoms with E-state index in [4.69, 9.17) is 21.3 Å². The second-order valence-corrected chi connectivity index (χ2v) is 9.28. The van der Waals surface area contributed by atoms with Gasteiger partial charge in [-0.1, -0.05) is 17.7 Å². The Labute approximate surface area is 194 Å². The Balaban J connectivity index is 1.32. The second-order valence-electron chi connectivity index (χ2n) is 8.88. The fourth-order valence-electron chi connectivity index (χ4n) is 4.53. The number of hydrogen-bond acceptors (Lipinski definition) is 6. The minimum Gasteiger partial charge on any atom is -0.495 e. The van der Waals surface area contributed by atoms with E-state index in [1.807, 2.05) is 30.3 Å². The van der Waals surface area contributed by atoms with Gasteiger partial charge < -0.3 is 15.0 Å². The van der Waals surface area contributed by atoms with E-state index in [0.717, 1.165) is 30.3 Å². The largest absolute Gasteiger partial charge is 0.495 e. The second kappa shape index (κ2) is 9.08. The van der Waals surface area contributed by atoms with Crippen molar-refractivity contribution >= 4 is 17.4 Å². The molecule has 0 radical (unpaired) electrons. The highest BCUT2D eigenvalue weighted by Gasteiger charge is 2.46. The maximum atomic E-state index is 6.27. The minimum absolute atomic E-state index is 0.0399. The van der Waals surface area contributed by atoms with Crippen molar-refractivity contribution in [1.82, 2.24) is 25.1 Å². The third-order valence-corrected chi connectivity index (χ3v) is 7.06. The van der Waals surface area contributed by atoms with Crippen LogP contribution in [0, 0.1) is 5.41 Å². The molecule has 2 aromatic rings. The molecule has 1 aliphatic carbocycles. The van der Waals surface area contributed by atoms with E-state index in [2.05, 4.69) is 31.3 Å². The van der Waals surface area contributed by atoms with Crippen LogP contribution in [-0.4, -0.2) is 52.1 Å². The monoisotopic (exact) mass is 452 g/mol. The topological polar surface area (TPSA) is 65.9 Å².